The molecule has 9 heteroatoms. The first-order chi connectivity index (χ1) is 16.2. The molecular formula is C25H28N2O6S. The van der Waals surface area contributed by atoms with Crippen molar-refractivity contribution in [2.24, 2.45) is 0 Å². The van der Waals surface area contributed by atoms with Crippen LogP contribution in [0, 0.1) is 6.92 Å². The zero-order valence-electron chi connectivity index (χ0n) is 19.8. The van der Waals surface area contributed by atoms with Crippen molar-refractivity contribution in [3.63, 3.8) is 0 Å². The minimum atomic E-state index is -4.17. The number of methoxy groups -OCH3 is 3. The Morgan fingerprint density at radius 1 is 0.824 bits per heavy atom. The Kier molecular flexibility index (Phi) is 7.68. The number of rotatable bonds is 9. The summed E-state index contributed by atoms with van der Waals surface area (Å²) in [7, 11) is 1.88. The summed E-state index contributed by atoms with van der Waals surface area (Å²) < 4.78 is 44.5. The molecule has 3 aromatic rings. The van der Waals surface area contributed by atoms with Gasteiger partial charge in [-0.2, -0.15) is 0 Å². The topological polar surface area (TPSA) is 85.4 Å². The molecule has 0 fully saturated rings. The summed E-state index contributed by atoms with van der Waals surface area (Å²) in [5.41, 5.74) is 1.63. The predicted molar refractivity (Wildman–Crippen MR) is 132 cm³/mol. The Morgan fingerprint density at radius 2 is 1.50 bits per heavy atom. The van der Waals surface area contributed by atoms with Gasteiger partial charge in [-0.05, 0) is 61.0 Å². The first-order valence-corrected chi connectivity index (χ1v) is 11.9. The number of sulfonamides is 1. The predicted octanol–water partition coefficient (Wildman–Crippen LogP) is 3.88. The van der Waals surface area contributed by atoms with Gasteiger partial charge in [0.1, 0.15) is 28.7 Å². The number of benzene rings is 3. The largest absolute Gasteiger partial charge is 0.497 e. The molecule has 0 spiro atoms. The van der Waals surface area contributed by atoms with E-state index in [1.165, 1.54) is 32.3 Å². The zero-order valence-corrected chi connectivity index (χ0v) is 20.6. The molecule has 0 bridgehead atoms. The van der Waals surface area contributed by atoms with Crippen LogP contribution in [0.15, 0.2) is 71.6 Å². The molecule has 0 heterocycles. The second-order valence-corrected chi connectivity index (χ2v) is 9.35. The Hall–Kier alpha value is -3.72. The van der Waals surface area contributed by atoms with E-state index in [0.29, 0.717) is 22.9 Å². The number of aryl methyl sites for hydroxylation is 1. The summed E-state index contributed by atoms with van der Waals surface area (Å²) >= 11 is 0. The van der Waals surface area contributed by atoms with Gasteiger partial charge in [0.15, 0.2) is 0 Å². The number of likely N-dealkylation sites (N-methyl/N-ethyl adjacent to an activating group) is 1. The van der Waals surface area contributed by atoms with Crippen LogP contribution in [0.25, 0.3) is 0 Å². The molecule has 0 aliphatic rings. The van der Waals surface area contributed by atoms with Crippen LogP contribution >= 0.6 is 0 Å². The molecule has 0 aliphatic carbocycles. The molecule has 0 N–H and O–H groups in total. The molecular weight excluding hydrogens is 456 g/mol. The van der Waals surface area contributed by atoms with Crippen LogP contribution in [-0.4, -0.2) is 49.2 Å². The third-order valence-electron chi connectivity index (χ3n) is 5.34. The van der Waals surface area contributed by atoms with Gasteiger partial charge in [-0.15, -0.1) is 0 Å². The van der Waals surface area contributed by atoms with Gasteiger partial charge < -0.3 is 19.1 Å². The van der Waals surface area contributed by atoms with Crippen molar-refractivity contribution in [2.75, 3.05) is 44.1 Å². The van der Waals surface area contributed by atoms with Gasteiger partial charge >= 0.3 is 0 Å². The van der Waals surface area contributed by atoms with Crippen molar-refractivity contribution >= 4 is 27.3 Å². The van der Waals surface area contributed by atoms with Crippen LogP contribution in [0.5, 0.6) is 17.2 Å². The van der Waals surface area contributed by atoms with E-state index in [1.807, 2.05) is 0 Å². The average molecular weight is 485 g/mol. The number of carbonyl (C=O) groups is 1. The molecule has 3 rings (SSSR count). The lowest BCUT2D eigenvalue weighted by Gasteiger charge is -2.27. The van der Waals surface area contributed by atoms with Crippen LogP contribution in [0.1, 0.15) is 5.56 Å². The SMILES string of the molecule is COc1ccc(N(CC(=O)N(C)c2cccc(OC)c2)S(=O)(=O)c2cc(C)ccc2OC)cc1. The average Bonchev–Trinajstić information content (AvgIpc) is 2.86. The number of nitrogens with zero attached hydrogens (tertiary/aromatic N) is 2. The van der Waals surface area contributed by atoms with E-state index < -0.39 is 22.5 Å². The van der Waals surface area contributed by atoms with Crippen LogP contribution in [-0.2, 0) is 14.8 Å². The molecule has 34 heavy (non-hydrogen) atoms. The second kappa shape index (κ2) is 10.5. The van der Waals surface area contributed by atoms with Gasteiger partial charge in [-0.25, -0.2) is 8.42 Å². The molecule has 1 amide bonds. The van der Waals surface area contributed by atoms with Gasteiger partial charge in [0.25, 0.3) is 10.0 Å². The highest BCUT2D eigenvalue weighted by molar-refractivity contribution is 7.93. The zero-order chi connectivity index (χ0) is 24.9. The number of ether oxygens (including phenoxy) is 3. The summed E-state index contributed by atoms with van der Waals surface area (Å²) in [6.07, 6.45) is 0. The lowest BCUT2D eigenvalue weighted by atomic mass is 10.2. The molecule has 0 atom stereocenters. The van der Waals surface area contributed by atoms with Crippen molar-refractivity contribution in [1.29, 1.82) is 0 Å². The molecule has 180 valence electrons. The maximum absolute atomic E-state index is 13.8. The number of hydrogen-bond acceptors (Lipinski definition) is 6. The summed E-state index contributed by atoms with van der Waals surface area (Å²) in [6, 6.07) is 18.3. The fourth-order valence-electron chi connectivity index (χ4n) is 3.36. The number of amides is 1. The van der Waals surface area contributed by atoms with Gasteiger partial charge in [-0.1, -0.05) is 12.1 Å². The molecule has 3 aromatic carbocycles. The van der Waals surface area contributed by atoms with E-state index >= 15 is 0 Å². The second-order valence-electron chi connectivity index (χ2n) is 7.52. The van der Waals surface area contributed by atoms with Crippen molar-refractivity contribution in [3.05, 3.63) is 72.3 Å². The smallest absolute Gasteiger partial charge is 0.268 e. The number of anilines is 2. The van der Waals surface area contributed by atoms with Crippen LogP contribution in [0.2, 0.25) is 0 Å². The van der Waals surface area contributed by atoms with Crippen molar-refractivity contribution in [3.8, 4) is 17.2 Å². The maximum atomic E-state index is 13.8. The van der Waals surface area contributed by atoms with E-state index in [4.69, 9.17) is 14.2 Å². The van der Waals surface area contributed by atoms with Crippen LogP contribution in [0.3, 0.4) is 0 Å². The molecule has 8 nitrogen and oxygen atoms in total. The summed E-state index contributed by atoms with van der Waals surface area (Å²) in [6.45, 7) is 1.36. The van der Waals surface area contributed by atoms with Gasteiger partial charge in [0.05, 0.1) is 27.0 Å². The minimum Gasteiger partial charge on any atom is -0.497 e. The van der Waals surface area contributed by atoms with Crippen molar-refractivity contribution < 1.29 is 27.4 Å². The Morgan fingerprint density at radius 3 is 2.12 bits per heavy atom. The Labute approximate surface area is 200 Å². The quantitative estimate of drug-likeness (QED) is 0.458. The highest BCUT2D eigenvalue weighted by Crippen LogP contribution is 2.32. The highest BCUT2D eigenvalue weighted by Gasteiger charge is 2.31. The fourth-order valence-corrected chi connectivity index (χ4v) is 5.02. The maximum Gasteiger partial charge on any atom is 0.268 e. The third-order valence-corrected chi connectivity index (χ3v) is 7.14. The molecule has 0 saturated heterocycles. The first-order valence-electron chi connectivity index (χ1n) is 10.4. The van der Waals surface area contributed by atoms with Crippen molar-refractivity contribution in [2.45, 2.75) is 11.8 Å². The van der Waals surface area contributed by atoms with E-state index in [2.05, 4.69) is 0 Å². The van der Waals surface area contributed by atoms with Gasteiger partial charge in [-0.3, -0.25) is 9.10 Å². The number of hydrogen-bond donors (Lipinski definition) is 0. The minimum absolute atomic E-state index is 0.0253. The monoisotopic (exact) mass is 484 g/mol. The van der Waals surface area contributed by atoms with Gasteiger partial charge in [0, 0.05) is 18.8 Å². The molecule has 0 aliphatic heterocycles. The normalized spacial score (nSPS) is 11.0. The van der Waals surface area contributed by atoms with E-state index in [-0.39, 0.29) is 10.6 Å². The summed E-state index contributed by atoms with van der Waals surface area (Å²) in [5.74, 6) is 0.910. The number of carbonyl (C=O) groups excluding carboxylic acids is 1. The fraction of sp³-hybridized carbons (Fsp3) is 0.240. The standard InChI is InChI=1S/C25H28N2O6S/c1-18-9-14-23(33-5)24(15-18)34(29,30)27(19-10-12-21(31-3)13-11-19)17-25(28)26(2)20-7-6-8-22(16-20)32-4/h6-16H,17H2,1-5H3. The lowest BCUT2D eigenvalue weighted by molar-refractivity contribution is -0.116. The lowest BCUT2D eigenvalue weighted by Crippen LogP contribution is -2.42. The van der Waals surface area contributed by atoms with E-state index in [1.54, 1.807) is 74.6 Å². The highest BCUT2D eigenvalue weighted by atomic mass is 32.2. The van der Waals surface area contributed by atoms with E-state index in [0.717, 1.165) is 9.87 Å². The van der Waals surface area contributed by atoms with E-state index in [9.17, 15) is 13.2 Å². The Bertz CT molecular complexity index is 1260. The van der Waals surface area contributed by atoms with Crippen LogP contribution in [0.4, 0.5) is 11.4 Å². The third kappa shape index (κ3) is 5.26. The molecule has 0 radical (unpaired) electrons. The summed E-state index contributed by atoms with van der Waals surface area (Å²) in [4.78, 5) is 14.6. The molecule has 0 unspecified atom stereocenters. The molecule has 0 saturated carbocycles. The Balaban J connectivity index is 2.05. The first kappa shape index (κ1) is 24.9. The summed E-state index contributed by atoms with van der Waals surface area (Å²) in [5, 5.41) is 0. The molecule has 0 aromatic heterocycles. The van der Waals surface area contributed by atoms with Crippen molar-refractivity contribution in [1.82, 2.24) is 0 Å². The van der Waals surface area contributed by atoms with Crippen LogP contribution < -0.4 is 23.4 Å². The van der Waals surface area contributed by atoms with Gasteiger partial charge in [0.2, 0.25) is 5.91 Å².